The molecule has 0 aliphatic carbocycles. The summed E-state index contributed by atoms with van der Waals surface area (Å²) < 4.78 is 10.6. The summed E-state index contributed by atoms with van der Waals surface area (Å²) in [6.45, 7) is 2.51. The number of carbonyl (C=O) groups excluding carboxylic acids is 1. The molecule has 2 aromatic carbocycles. The van der Waals surface area contributed by atoms with E-state index in [1.165, 1.54) is 18.1 Å². The van der Waals surface area contributed by atoms with Gasteiger partial charge in [-0.2, -0.15) is 0 Å². The molecule has 0 bridgehead atoms. The summed E-state index contributed by atoms with van der Waals surface area (Å²) in [6.07, 6.45) is 0. The Labute approximate surface area is 140 Å². The predicted molar refractivity (Wildman–Crippen MR) is 92.8 cm³/mol. The first kappa shape index (κ1) is 17.0. The molecule has 0 aliphatic rings. The van der Waals surface area contributed by atoms with Crippen molar-refractivity contribution in [1.29, 1.82) is 0 Å². The Bertz CT molecular complexity index is 702. The summed E-state index contributed by atoms with van der Waals surface area (Å²) in [5.74, 6) is 0.896. The molecule has 0 atom stereocenters. The third kappa shape index (κ3) is 3.68. The van der Waals surface area contributed by atoms with E-state index in [4.69, 9.17) is 26.8 Å². The van der Waals surface area contributed by atoms with Crippen molar-refractivity contribution in [2.24, 2.45) is 0 Å². The monoisotopic (exact) mass is 334 g/mol. The average molecular weight is 335 g/mol. The molecule has 2 N–H and O–H groups in total. The Morgan fingerprint density at radius 1 is 1.26 bits per heavy atom. The molecule has 2 rings (SSSR count). The normalized spacial score (nSPS) is 10.3. The highest BCUT2D eigenvalue weighted by atomic mass is 35.5. The lowest BCUT2D eigenvalue weighted by Crippen LogP contribution is -2.26. The lowest BCUT2D eigenvalue weighted by molar-refractivity contribution is 0.0990. The Hall–Kier alpha value is -2.40. The van der Waals surface area contributed by atoms with Gasteiger partial charge < -0.3 is 20.1 Å². The van der Waals surface area contributed by atoms with Gasteiger partial charge in [0.15, 0.2) is 0 Å². The number of ether oxygens (including phenoxy) is 2. The number of benzene rings is 2. The molecule has 2 aromatic rings. The molecule has 0 unspecified atom stereocenters. The number of nitrogen functional groups attached to an aromatic ring is 1. The molecule has 6 heteroatoms. The van der Waals surface area contributed by atoms with E-state index in [0.29, 0.717) is 28.6 Å². The molecule has 122 valence electrons. The smallest absolute Gasteiger partial charge is 0.261 e. The lowest BCUT2D eigenvalue weighted by Gasteiger charge is -2.19. The topological polar surface area (TPSA) is 64.8 Å². The van der Waals surface area contributed by atoms with Crippen LogP contribution in [0.5, 0.6) is 11.5 Å². The minimum Gasteiger partial charge on any atom is -0.496 e. The molecule has 0 saturated heterocycles. The highest BCUT2D eigenvalue weighted by Gasteiger charge is 2.19. The number of nitrogens with zero attached hydrogens (tertiary/aromatic N) is 1. The Morgan fingerprint density at radius 2 is 1.91 bits per heavy atom. The van der Waals surface area contributed by atoms with Crippen LogP contribution in [0.2, 0.25) is 5.02 Å². The van der Waals surface area contributed by atoms with Crippen molar-refractivity contribution in [2.45, 2.75) is 6.92 Å². The summed E-state index contributed by atoms with van der Waals surface area (Å²) in [4.78, 5) is 14.2. The molecule has 0 spiro atoms. The van der Waals surface area contributed by atoms with E-state index in [9.17, 15) is 4.79 Å². The summed E-state index contributed by atoms with van der Waals surface area (Å²) in [5.41, 5.74) is 7.19. The van der Waals surface area contributed by atoms with E-state index in [-0.39, 0.29) is 5.91 Å². The number of halogens is 1. The lowest BCUT2D eigenvalue weighted by atomic mass is 10.1. The van der Waals surface area contributed by atoms with Gasteiger partial charge in [-0.05, 0) is 37.3 Å². The number of hydrogen-bond acceptors (Lipinski definition) is 4. The number of hydrogen-bond donors (Lipinski definition) is 1. The highest BCUT2D eigenvalue weighted by molar-refractivity contribution is 6.33. The van der Waals surface area contributed by atoms with Crippen LogP contribution in [0.25, 0.3) is 0 Å². The first-order valence-electron chi connectivity index (χ1n) is 7.11. The second-order valence-electron chi connectivity index (χ2n) is 4.87. The number of nitrogens with two attached hydrogens (primary N) is 1. The van der Waals surface area contributed by atoms with Crippen molar-refractivity contribution in [2.75, 3.05) is 31.4 Å². The van der Waals surface area contributed by atoms with Gasteiger partial charge in [0, 0.05) is 18.8 Å². The van der Waals surface area contributed by atoms with Gasteiger partial charge in [-0.25, -0.2) is 0 Å². The standard InChI is InChI=1S/C17H19ClN2O3/c1-4-23-12-7-5-11(6-8-12)20(2)17(21)13-9-14(18)15(19)10-16(13)22-3/h5-10H,4,19H2,1-3H3. The van der Waals surface area contributed by atoms with E-state index < -0.39 is 0 Å². The van der Waals surface area contributed by atoms with Crippen LogP contribution < -0.4 is 20.1 Å². The molecular weight excluding hydrogens is 316 g/mol. The molecule has 0 heterocycles. The van der Waals surface area contributed by atoms with Crippen LogP contribution >= 0.6 is 11.6 Å². The molecule has 0 aliphatic heterocycles. The fraction of sp³-hybridized carbons (Fsp3) is 0.235. The van der Waals surface area contributed by atoms with E-state index in [0.717, 1.165) is 11.4 Å². The van der Waals surface area contributed by atoms with E-state index in [2.05, 4.69) is 0 Å². The fourth-order valence-corrected chi connectivity index (χ4v) is 2.30. The van der Waals surface area contributed by atoms with Crippen LogP contribution in [0.3, 0.4) is 0 Å². The first-order chi connectivity index (χ1) is 11.0. The Kier molecular flexibility index (Phi) is 5.34. The third-order valence-electron chi connectivity index (χ3n) is 3.39. The SMILES string of the molecule is CCOc1ccc(N(C)C(=O)c2cc(Cl)c(N)cc2OC)cc1. The molecule has 5 nitrogen and oxygen atoms in total. The third-order valence-corrected chi connectivity index (χ3v) is 3.72. The minimum absolute atomic E-state index is 0.243. The zero-order valence-electron chi connectivity index (χ0n) is 13.3. The largest absolute Gasteiger partial charge is 0.496 e. The van der Waals surface area contributed by atoms with Crippen LogP contribution in [0.4, 0.5) is 11.4 Å². The quantitative estimate of drug-likeness (QED) is 0.848. The molecule has 0 saturated carbocycles. The predicted octanol–water partition coefficient (Wildman–Crippen LogP) is 3.61. The van der Waals surface area contributed by atoms with Gasteiger partial charge >= 0.3 is 0 Å². The Balaban J connectivity index is 2.30. The van der Waals surface area contributed by atoms with E-state index in [1.54, 1.807) is 13.1 Å². The van der Waals surface area contributed by atoms with Crippen LogP contribution in [-0.2, 0) is 0 Å². The minimum atomic E-state index is -0.243. The van der Waals surface area contributed by atoms with Gasteiger partial charge in [-0.1, -0.05) is 11.6 Å². The van der Waals surface area contributed by atoms with Gasteiger partial charge in [-0.3, -0.25) is 4.79 Å². The Morgan fingerprint density at radius 3 is 2.48 bits per heavy atom. The van der Waals surface area contributed by atoms with Crippen molar-refractivity contribution in [1.82, 2.24) is 0 Å². The van der Waals surface area contributed by atoms with E-state index >= 15 is 0 Å². The fourth-order valence-electron chi connectivity index (χ4n) is 2.14. The summed E-state index contributed by atoms with van der Waals surface area (Å²) >= 11 is 6.03. The van der Waals surface area contributed by atoms with Crippen LogP contribution in [0.1, 0.15) is 17.3 Å². The van der Waals surface area contributed by atoms with Gasteiger partial charge in [0.2, 0.25) is 0 Å². The summed E-state index contributed by atoms with van der Waals surface area (Å²) in [7, 11) is 3.16. The van der Waals surface area contributed by atoms with E-state index in [1.807, 2.05) is 31.2 Å². The number of rotatable bonds is 5. The molecule has 23 heavy (non-hydrogen) atoms. The summed E-state index contributed by atoms with van der Waals surface area (Å²) in [6, 6.07) is 10.3. The summed E-state index contributed by atoms with van der Waals surface area (Å²) in [5, 5.41) is 0.314. The molecule has 0 radical (unpaired) electrons. The van der Waals surface area contributed by atoms with Crippen molar-refractivity contribution < 1.29 is 14.3 Å². The zero-order chi connectivity index (χ0) is 17.0. The maximum atomic E-state index is 12.7. The zero-order valence-corrected chi connectivity index (χ0v) is 14.1. The van der Waals surface area contributed by atoms with Crippen LogP contribution in [0, 0.1) is 0 Å². The number of anilines is 2. The first-order valence-corrected chi connectivity index (χ1v) is 7.49. The average Bonchev–Trinajstić information content (AvgIpc) is 2.56. The molecule has 0 aromatic heterocycles. The van der Waals surface area contributed by atoms with Gasteiger partial charge in [0.1, 0.15) is 11.5 Å². The van der Waals surface area contributed by atoms with Gasteiger partial charge in [0.05, 0.1) is 30.0 Å². The van der Waals surface area contributed by atoms with Crippen molar-refractivity contribution in [3.05, 3.63) is 47.0 Å². The van der Waals surface area contributed by atoms with Crippen LogP contribution in [-0.4, -0.2) is 26.7 Å². The second kappa shape index (κ2) is 7.24. The maximum Gasteiger partial charge on any atom is 0.261 e. The number of carbonyl (C=O) groups is 1. The number of amides is 1. The van der Waals surface area contributed by atoms with Crippen molar-refractivity contribution in [3.63, 3.8) is 0 Å². The van der Waals surface area contributed by atoms with Crippen molar-refractivity contribution in [3.8, 4) is 11.5 Å². The molecule has 0 fully saturated rings. The van der Waals surface area contributed by atoms with Crippen molar-refractivity contribution >= 4 is 28.9 Å². The highest BCUT2D eigenvalue weighted by Crippen LogP contribution is 2.30. The van der Waals surface area contributed by atoms with Crippen LogP contribution in [0.15, 0.2) is 36.4 Å². The number of methoxy groups -OCH3 is 1. The van der Waals surface area contributed by atoms with Gasteiger partial charge in [0.25, 0.3) is 5.91 Å². The molecule has 1 amide bonds. The second-order valence-corrected chi connectivity index (χ2v) is 5.27. The van der Waals surface area contributed by atoms with Gasteiger partial charge in [-0.15, -0.1) is 0 Å². The maximum absolute atomic E-state index is 12.7. The molecular formula is C17H19ClN2O3.